The maximum Gasteiger partial charge on any atom is 0.259 e. The number of aliphatic hydroxyl groups is 1. The van der Waals surface area contributed by atoms with Crippen LogP contribution in [0.25, 0.3) is 11.5 Å². The van der Waals surface area contributed by atoms with Crippen LogP contribution in [-0.2, 0) is 4.74 Å². The van der Waals surface area contributed by atoms with E-state index in [1.54, 1.807) is 13.1 Å². The lowest BCUT2D eigenvalue weighted by Gasteiger charge is -2.27. The molecule has 5 heterocycles. The minimum Gasteiger partial charge on any atom is -0.396 e. The molecular formula is C17H20N4O3. The number of aliphatic hydroxyl groups excluding tert-OH is 1. The molecule has 126 valence electrons. The summed E-state index contributed by atoms with van der Waals surface area (Å²) < 4.78 is 11.5. The van der Waals surface area contributed by atoms with Crippen molar-refractivity contribution in [2.24, 2.45) is 11.8 Å². The van der Waals surface area contributed by atoms with Crippen molar-refractivity contribution in [3.63, 3.8) is 0 Å². The lowest BCUT2D eigenvalue weighted by Crippen LogP contribution is -2.37. The molecule has 0 unspecified atom stereocenters. The summed E-state index contributed by atoms with van der Waals surface area (Å²) in [4.78, 5) is 11.1. The predicted molar refractivity (Wildman–Crippen MR) is 85.4 cm³/mol. The van der Waals surface area contributed by atoms with E-state index in [0.29, 0.717) is 17.6 Å². The van der Waals surface area contributed by atoms with Crippen LogP contribution in [0.5, 0.6) is 0 Å². The van der Waals surface area contributed by atoms with Gasteiger partial charge in [0.1, 0.15) is 5.82 Å². The first-order chi connectivity index (χ1) is 11.7. The van der Waals surface area contributed by atoms with Gasteiger partial charge in [-0.15, -0.1) is 0 Å². The number of hydrogen-bond acceptors (Lipinski definition) is 7. The van der Waals surface area contributed by atoms with Gasteiger partial charge >= 0.3 is 0 Å². The second-order valence-corrected chi connectivity index (χ2v) is 7.15. The zero-order valence-electron chi connectivity index (χ0n) is 13.6. The molecule has 0 aliphatic carbocycles. The largest absolute Gasteiger partial charge is 0.396 e. The van der Waals surface area contributed by atoms with Crippen molar-refractivity contribution >= 4 is 5.82 Å². The van der Waals surface area contributed by atoms with E-state index in [-0.39, 0.29) is 24.2 Å². The van der Waals surface area contributed by atoms with Crippen LogP contribution < -0.4 is 4.90 Å². The van der Waals surface area contributed by atoms with E-state index in [1.165, 1.54) is 0 Å². The van der Waals surface area contributed by atoms with E-state index in [9.17, 15) is 5.11 Å². The highest BCUT2D eigenvalue weighted by Gasteiger charge is 2.62. The number of anilines is 1. The van der Waals surface area contributed by atoms with Crippen LogP contribution >= 0.6 is 0 Å². The fourth-order valence-corrected chi connectivity index (χ4v) is 4.72. The van der Waals surface area contributed by atoms with Gasteiger partial charge in [-0.2, -0.15) is 4.98 Å². The van der Waals surface area contributed by atoms with Gasteiger partial charge in [0.15, 0.2) is 5.82 Å². The molecule has 3 saturated heterocycles. The van der Waals surface area contributed by atoms with Crippen LogP contribution in [0, 0.1) is 18.8 Å². The maximum absolute atomic E-state index is 9.72. The Hall–Kier alpha value is -1.99. The Kier molecular flexibility index (Phi) is 2.99. The molecule has 5 rings (SSSR count). The topological polar surface area (TPSA) is 84.5 Å². The average Bonchev–Trinajstić information content (AvgIpc) is 3.33. The lowest BCUT2D eigenvalue weighted by molar-refractivity contribution is 0.0128. The molecule has 4 atom stereocenters. The van der Waals surface area contributed by atoms with E-state index < -0.39 is 0 Å². The van der Waals surface area contributed by atoms with Crippen molar-refractivity contribution in [1.29, 1.82) is 0 Å². The number of pyridine rings is 1. The molecule has 1 spiro atoms. The van der Waals surface area contributed by atoms with Gasteiger partial charge in [-0.1, -0.05) is 5.16 Å². The number of nitrogens with zero attached hydrogens (tertiary/aromatic N) is 4. The summed E-state index contributed by atoms with van der Waals surface area (Å²) in [6.07, 6.45) is 4.18. The van der Waals surface area contributed by atoms with Gasteiger partial charge in [0.05, 0.1) is 17.3 Å². The first kappa shape index (κ1) is 14.4. The molecule has 2 aromatic heterocycles. The van der Waals surface area contributed by atoms with E-state index in [2.05, 4.69) is 20.0 Å². The fraction of sp³-hybridized carbons (Fsp3) is 0.588. The molecule has 24 heavy (non-hydrogen) atoms. The third-order valence-corrected chi connectivity index (χ3v) is 5.84. The first-order valence-electron chi connectivity index (χ1n) is 8.49. The maximum atomic E-state index is 9.72. The van der Waals surface area contributed by atoms with Gasteiger partial charge in [-0.3, -0.25) is 0 Å². The Morgan fingerprint density at radius 1 is 1.42 bits per heavy atom. The number of fused-ring (bicyclic) bond motifs is 1. The molecule has 2 aromatic rings. The van der Waals surface area contributed by atoms with Gasteiger partial charge in [-0.25, -0.2) is 4.98 Å². The van der Waals surface area contributed by atoms with E-state index in [0.717, 1.165) is 37.3 Å². The average molecular weight is 328 g/mol. The summed E-state index contributed by atoms with van der Waals surface area (Å²) in [6, 6.07) is 3.95. The molecule has 0 amide bonds. The third-order valence-electron chi connectivity index (χ3n) is 5.84. The molecule has 3 fully saturated rings. The summed E-state index contributed by atoms with van der Waals surface area (Å²) in [5, 5.41) is 13.5. The molecule has 0 radical (unpaired) electrons. The summed E-state index contributed by atoms with van der Waals surface area (Å²) in [6.45, 7) is 3.77. The predicted octanol–water partition coefficient (Wildman–Crippen LogP) is 1.42. The summed E-state index contributed by atoms with van der Waals surface area (Å²) in [7, 11) is 0. The zero-order chi connectivity index (χ0) is 16.3. The minimum absolute atomic E-state index is 0.0813. The Morgan fingerprint density at radius 2 is 2.33 bits per heavy atom. The first-order valence-corrected chi connectivity index (χ1v) is 8.49. The fourth-order valence-electron chi connectivity index (χ4n) is 4.72. The van der Waals surface area contributed by atoms with E-state index >= 15 is 0 Å². The standard InChI is InChI=1S/C17H20N4O3/c1-10-19-16(24-20-10)11-2-3-15(18-6-11)21-7-13-12(8-22)14-4-5-17(13,9-21)23-14/h2-3,6,12-14,22H,4-5,7-9H2,1H3/t12-,13+,14+,17+/m1/s1. The number of aryl methyl sites for hydroxylation is 1. The van der Waals surface area contributed by atoms with Crippen molar-refractivity contribution < 1.29 is 14.4 Å². The number of rotatable bonds is 3. The number of ether oxygens (including phenoxy) is 1. The third kappa shape index (κ3) is 1.94. The highest BCUT2D eigenvalue weighted by atomic mass is 16.5. The van der Waals surface area contributed by atoms with Gasteiger partial charge < -0.3 is 19.3 Å². The van der Waals surface area contributed by atoms with Crippen LogP contribution in [0.4, 0.5) is 5.82 Å². The highest BCUT2D eigenvalue weighted by Crippen LogP contribution is 2.55. The van der Waals surface area contributed by atoms with Crippen molar-refractivity contribution in [3.05, 3.63) is 24.2 Å². The van der Waals surface area contributed by atoms with Crippen LogP contribution in [-0.4, -0.2) is 51.6 Å². The lowest BCUT2D eigenvalue weighted by atomic mass is 9.74. The van der Waals surface area contributed by atoms with Gasteiger partial charge in [-0.05, 0) is 31.9 Å². The van der Waals surface area contributed by atoms with E-state index in [4.69, 9.17) is 9.26 Å². The number of hydrogen-bond donors (Lipinski definition) is 1. The smallest absolute Gasteiger partial charge is 0.259 e. The summed E-state index contributed by atoms with van der Waals surface area (Å²) in [5.41, 5.74) is 0.740. The molecule has 1 N–H and O–H groups in total. The second kappa shape index (κ2) is 5.00. The zero-order valence-corrected chi connectivity index (χ0v) is 13.6. The van der Waals surface area contributed by atoms with Crippen LogP contribution in [0.2, 0.25) is 0 Å². The van der Waals surface area contributed by atoms with Crippen molar-refractivity contribution in [2.45, 2.75) is 31.5 Å². The molecule has 0 aromatic carbocycles. The van der Waals surface area contributed by atoms with Crippen molar-refractivity contribution in [3.8, 4) is 11.5 Å². The molecule has 7 heteroatoms. The quantitative estimate of drug-likeness (QED) is 0.912. The van der Waals surface area contributed by atoms with Gasteiger partial charge in [0, 0.05) is 37.7 Å². The second-order valence-electron chi connectivity index (χ2n) is 7.15. The Bertz CT molecular complexity index is 761. The van der Waals surface area contributed by atoms with Gasteiger partial charge in [0.25, 0.3) is 5.89 Å². The Morgan fingerprint density at radius 3 is 3.04 bits per heavy atom. The van der Waals surface area contributed by atoms with Crippen LogP contribution in [0.15, 0.2) is 22.9 Å². The molecular weight excluding hydrogens is 308 g/mol. The van der Waals surface area contributed by atoms with Crippen molar-refractivity contribution in [1.82, 2.24) is 15.1 Å². The molecule has 0 saturated carbocycles. The molecule has 3 aliphatic rings. The molecule has 7 nitrogen and oxygen atoms in total. The monoisotopic (exact) mass is 328 g/mol. The van der Waals surface area contributed by atoms with Gasteiger partial charge in [0.2, 0.25) is 0 Å². The number of aromatic nitrogens is 3. The summed E-state index contributed by atoms with van der Waals surface area (Å²) in [5.74, 6) is 2.71. The highest BCUT2D eigenvalue weighted by molar-refractivity contribution is 5.55. The Labute approximate surface area is 139 Å². The normalized spacial score (nSPS) is 34.1. The van der Waals surface area contributed by atoms with Crippen LogP contribution in [0.1, 0.15) is 18.7 Å². The van der Waals surface area contributed by atoms with E-state index in [1.807, 2.05) is 12.1 Å². The Balaban J connectivity index is 1.38. The molecule has 3 aliphatic heterocycles. The minimum atomic E-state index is -0.0813. The molecule has 2 bridgehead atoms. The van der Waals surface area contributed by atoms with Crippen molar-refractivity contribution in [2.75, 3.05) is 24.6 Å². The summed E-state index contributed by atoms with van der Waals surface area (Å²) >= 11 is 0. The van der Waals surface area contributed by atoms with Crippen LogP contribution in [0.3, 0.4) is 0 Å². The SMILES string of the molecule is Cc1noc(-c2ccc(N3C[C@H]4[C@@H](CO)[C@@H]5CC[C@@]4(C3)O5)nc2)n1.